The molecule has 2 aromatic rings. The molecule has 28 heavy (non-hydrogen) atoms. The van der Waals surface area contributed by atoms with Crippen LogP contribution < -0.4 is 10.9 Å². The van der Waals surface area contributed by atoms with Gasteiger partial charge in [0, 0.05) is 48.9 Å². The molecule has 7 heteroatoms. The zero-order valence-electron chi connectivity index (χ0n) is 16.4. The van der Waals surface area contributed by atoms with Gasteiger partial charge in [-0.25, -0.2) is 8.42 Å². The van der Waals surface area contributed by atoms with Crippen LogP contribution in [0.2, 0.25) is 0 Å². The number of pyridine rings is 1. The molecule has 1 aliphatic rings. The number of aromatic nitrogens is 1. The number of benzene rings is 1. The number of rotatable bonds is 8. The highest BCUT2D eigenvalue weighted by atomic mass is 32.2. The van der Waals surface area contributed by atoms with E-state index in [0.717, 1.165) is 23.4 Å². The summed E-state index contributed by atoms with van der Waals surface area (Å²) in [5.74, 6) is 0.667. The van der Waals surface area contributed by atoms with E-state index in [9.17, 15) is 13.2 Å². The van der Waals surface area contributed by atoms with Crippen LogP contribution in [-0.4, -0.2) is 32.4 Å². The highest BCUT2D eigenvalue weighted by Gasteiger charge is 2.22. The average Bonchev–Trinajstić information content (AvgIpc) is 3.46. The zero-order chi connectivity index (χ0) is 20.3. The number of aryl methyl sites for hydroxylation is 1. The predicted octanol–water partition coefficient (Wildman–Crippen LogP) is 3.28. The molecule has 0 unspecified atom stereocenters. The minimum Gasteiger partial charge on any atom is -0.501 e. The maximum Gasteiger partial charge on any atom is 0.250 e. The molecule has 1 N–H and O–H groups in total. The second-order valence-corrected chi connectivity index (χ2v) is 9.17. The van der Waals surface area contributed by atoms with E-state index in [0.29, 0.717) is 18.1 Å². The number of nitrogens with zero attached hydrogens (tertiary/aromatic N) is 1. The van der Waals surface area contributed by atoms with E-state index in [4.69, 9.17) is 4.74 Å². The molecule has 1 aliphatic carbocycles. The summed E-state index contributed by atoms with van der Waals surface area (Å²) in [6.07, 6.45) is 8.64. The van der Waals surface area contributed by atoms with Crippen LogP contribution in [0.5, 0.6) is 0 Å². The Morgan fingerprint density at radius 2 is 2.00 bits per heavy atom. The van der Waals surface area contributed by atoms with Gasteiger partial charge < -0.3 is 14.6 Å². The van der Waals surface area contributed by atoms with Crippen molar-refractivity contribution >= 4 is 21.6 Å². The highest BCUT2D eigenvalue weighted by Crippen LogP contribution is 2.35. The van der Waals surface area contributed by atoms with Crippen LogP contribution >= 0.6 is 0 Å². The Kier molecular flexibility index (Phi) is 5.93. The normalized spacial score (nSPS) is 14.4. The second kappa shape index (κ2) is 8.22. The maximum atomic E-state index is 12.2. The molecule has 0 atom stereocenters. The molecule has 6 nitrogen and oxygen atoms in total. The number of hydrogen-bond donors (Lipinski definition) is 1. The summed E-state index contributed by atoms with van der Waals surface area (Å²) in [7, 11) is -1.68. The fraction of sp³-hybridized carbons (Fsp3) is 0.381. The summed E-state index contributed by atoms with van der Waals surface area (Å²) in [6, 6.07) is 6.62. The Morgan fingerprint density at radius 1 is 1.25 bits per heavy atom. The quantitative estimate of drug-likeness (QED) is 0.686. The molecule has 0 radical (unpaired) electrons. The third-order valence-corrected chi connectivity index (χ3v) is 5.87. The summed E-state index contributed by atoms with van der Waals surface area (Å²) in [6.45, 7) is 3.25. The molecular weight excluding hydrogens is 376 g/mol. The zero-order valence-corrected chi connectivity index (χ0v) is 17.3. The van der Waals surface area contributed by atoms with Crippen molar-refractivity contribution in [2.24, 2.45) is 13.0 Å². The molecular formula is C21H26N2O4S. The van der Waals surface area contributed by atoms with Crippen molar-refractivity contribution in [2.45, 2.75) is 24.7 Å². The molecule has 1 aromatic carbocycles. The maximum absolute atomic E-state index is 12.2. The van der Waals surface area contributed by atoms with Crippen molar-refractivity contribution in [1.29, 1.82) is 0 Å². The number of nitrogens with one attached hydrogen (secondary N) is 1. The van der Waals surface area contributed by atoms with Crippen LogP contribution in [0.15, 0.2) is 46.4 Å². The van der Waals surface area contributed by atoms with Gasteiger partial charge in [0.25, 0.3) is 5.56 Å². The Bertz CT molecular complexity index is 1050. The molecule has 0 aliphatic heterocycles. The van der Waals surface area contributed by atoms with Crippen molar-refractivity contribution in [3.8, 4) is 11.1 Å². The summed E-state index contributed by atoms with van der Waals surface area (Å²) in [5.41, 5.74) is 2.89. The summed E-state index contributed by atoms with van der Waals surface area (Å²) in [4.78, 5) is 12.4. The van der Waals surface area contributed by atoms with E-state index in [2.05, 4.69) is 5.32 Å². The lowest BCUT2D eigenvalue weighted by molar-refractivity contribution is 0.272. The Morgan fingerprint density at radius 3 is 2.64 bits per heavy atom. The number of hydrogen-bond acceptors (Lipinski definition) is 5. The summed E-state index contributed by atoms with van der Waals surface area (Å²) in [5, 5.41) is 3.44. The predicted molar refractivity (Wildman–Crippen MR) is 112 cm³/mol. The molecule has 0 spiro atoms. The average molecular weight is 403 g/mol. The van der Waals surface area contributed by atoms with Crippen LogP contribution in [-0.2, 0) is 21.6 Å². The van der Waals surface area contributed by atoms with E-state index in [1.807, 2.05) is 6.92 Å². The van der Waals surface area contributed by atoms with Gasteiger partial charge in [0.2, 0.25) is 0 Å². The van der Waals surface area contributed by atoms with Crippen molar-refractivity contribution in [1.82, 2.24) is 4.57 Å². The first-order valence-corrected chi connectivity index (χ1v) is 11.3. The Labute approximate surface area is 165 Å². The van der Waals surface area contributed by atoms with Crippen LogP contribution in [0.4, 0.5) is 5.69 Å². The standard InChI is InChI=1S/C21H26N2O4S/c1-4-27-10-9-16-11-21(24)23(2)14-19(16)18-12-17(28(3,25)26)7-8-20(18)22-13-15-5-6-15/h7-12,14-15,22H,4-6,13H2,1-3H3/b10-9-. The van der Waals surface area contributed by atoms with Gasteiger partial charge in [0.15, 0.2) is 9.84 Å². The summed E-state index contributed by atoms with van der Waals surface area (Å²) >= 11 is 0. The van der Waals surface area contributed by atoms with E-state index in [1.54, 1.807) is 43.8 Å². The third-order valence-electron chi connectivity index (χ3n) is 4.76. The molecule has 0 bridgehead atoms. The lowest BCUT2D eigenvalue weighted by atomic mass is 9.99. The molecule has 150 valence electrons. The van der Waals surface area contributed by atoms with Crippen LogP contribution in [0.25, 0.3) is 17.2 Å². The molecule has 1 fully saturated rings. The van der Waals surface area contributed by atoms with E-state index >= 15 is 0 Å². The van der Waals surface area contributed by atoms with Gasteiger partial charge in [-0.1, -0.05) is 0 Å². The van der Waals surface area contributed by atoms with Gasteiger partial charge in [0.1, 0.15) is 0 Å². The number of sulfone groups is 1. The molecule has 3 rings (SSSR count). The van der Waals surface area contributed by atoms with Crippen LogP contribution in [0.1, 0.15) is 25.3 Å². The third kappa shape index (κ3) is 4.84. The fourth-order valence-electron chi connectivity index (χ4n) is 2.93. The largest absolute Gasteiger partial charge is 0.501 e. The van der Waals surface area contributed by atoms with Gasteiger partial charge in [-0.15, -0.1) is 0 Å². The SMILES string of the molecule is CCO/C=C\c1cc(=O)n(C)cc1-c1cc(S(C)(=O)=O)ccc1NCC1CC1. The van der Waals surface area contributed by atoms with Gasteiger partial charge in [-0.2, -0.15) is 0 Å². The first-order chi connectivity index (χ1) is 13.3. The highest BCUT2D eigenvalue weighted by molar-refractivity contribution is 7.90. The van der Waals surface area contributed by atoms with Gasteiger partial charge in [-0.3, -0.25) is 4.79 Å². The van der Waals surface area contributed by atoms with E-state index in [-0.39, 0.29) is 10.5 Å². The van der Waals surface area contributed by atoms with E-state index < -0.39 is 9.84 Å². The number of anilines is 1. The topological polar surface area (TPSA) is 77.4 Å². The van der Waals surface area contributed by atoms with Gasteiger partial charge in [0.05, 0.1) is 17.8 Å². The second-order valence-electron chi connectivity index (χ2n) is 7.15. The molecule has 0 saturated heterocycles. The monoisotopic (exact) mass is 402 g/mol. The van der Waals surface area contributed by atoms with Crippen LogP contribution in [0.3, 0.4) is 0 Å². The van der Waals surface area contributed by atoms with Crippen molar-refractivity contribution in [3.05, 3.63) is 52.6 Å². The summed E-state index contributed by atoms with van der Waals surface area (Å²) < 4.78 is 31.0. The van der Waals surface area contributed by atoms with Gasteiger partial charge in [-0.05, 0) is 55.5 Å². The molecule has 0 amide bonds. The Balaban J connectivity index is 2.16. The first-order valence-electron chi connectivity index (χ1n) is 9.36. The van der Waals surface area contributed by atoms with Crippen molar-refractivity contribution < 1.29 is 13.2 Å². The first kappa shape index (κ1) is 20.2. The lowest BCUT2D eigenvalue weighted by Gasteiger charge is -2.16. The molecule has 1 aromatic heterocycles. The Hall–Kier alpha value is -2.54. The van der Waals surface area contributed by atoms with E-state index in [1.165, 1.54) is 29.7 Å². The fourth-order valence-corrected chi connectivity index (χ4v) is 3.58. The van der Waals surface area contributed by atoms with Crippen molar-refractivity contribution in [3.63, 3.8) is 0 Å². The minimum atomic E-state index is -3.36. The minimum absolute atomic E-state index is 0.147. The van der Waals surface area contributed by atoms with Gasteiger partial charge >= 0.3 is 0 Å². The molecule has 1 saturated carbocycles. The lowest BCUT2D eigenvalue weighted by Crippen LogP contribution is -2.16. The van der Waals surface area contributed by atoms with Crippen LogP contribution in [0, 0.1) is 5.92 Å². The smallest absolute Gasteiger partial charge is 0.250 e. The van der Waals surface area contributed by atoms with Crippen molar-refractivity contribution in [2.75, 3.05) is 24.7 Å². The molecule has 1 heterocycles. The number of ether oxygens (including phenoxy) is 1.